The van der Waals surface area contributed by atoms with E-state index in [0.717, 1.165) is 10.3 Å². The van der Waals surface area contributed by atoms with Crippen molar-refractivity contribution >= 4 is 24.2 Å². The molecule has 0 unspecified atom stereocenters. The van der Waals surface area contributed by atoms with Crippen LogP contribution in [0.4, 0.5) is 0 Å². The minimum absolute atomic E-state index is 0.0494. The lowest BCUT2D eigenvalue weighted by Crippen LogP contribution is -2.41. The number of aromatic nitrogens is 1. The molecule has 96 valence electrons. The second-order valence-electron chi connectivity index (χ2n) is 5.91. The van der Waals surface area contributed by atoms with Gasteiger partial charge in [-0.1, -0.05) is 26.8 Å². The van der Waals surface area contributed by atoms with E-state index in [9.17, 15) is 0 Å². The zero-order valence-electron chi connectivity index (χ0n) is 11.5. The number of nitrogens with zero attached hydrogens (tertiary/aromatic N) is 1. The standard InChI is InChI=1S/C13H22BrNOSi/c1-10(11-8-7-9-12(14)15-11)16-17(5,6)13(2,3)4/h7-10H,1-6H3/t10-/m0/s1. The molecule has 1 heterocycles. The highest BCUT2D eigenvalue weighted by Gasteiger charge is 2.38. The summed E-state index contributed by atoms with van der Waals surface area (Å²) in [6.45, 7) is 13.4. The molecule has 0 spiro atoms. The van der Waals surface area contributed by atoms with Crippen molar-refractivity contribution in [3.8, 4) is 0 Å². The molecule has 1 rings (SSSR count). The van der Waals surface area contributed by atoms with Gasteiger partial charge in [0, 0.05) is 0 Å². The van der Waals surface area contributed by atoms with Gasteiger partial charge in [0.2, 0.25) is 0 Å². The smallest absolute Gasteiger partial charge is 0.192 e. The quantitative estimate of drug-likeness (QED) is 0.583. The van der Waals surface area contributed by atoms with Crippen molar-refractivity contribution in [2.75, 3.05) is 0 Å². The average Bonchev–Trinajstić information content (AvgIpc) is 2.15. The zero-order valence-corrected chi connectivity index (χ0v) is 14.1. The molecule has 0 bridgehead atoms. The van der Waals surface area contributed by atoms with Gasteiger partial charge in [0.05, 0.1) is 11.8 Å². The van der Waals surface area contributed by atoms with Crippen LogP contribution >= 0.6 is 15.9 Å². The summed E-state index contributed by atoms with van der Waals surface area (Å²) < 4.78 is 7.16. The normalized spacial score (nSPS) is 14.8. The summed E-state index contributed by atoms with van der Waals surface area (Å²) >= 11 is 3.39. The molecule has 17 heavy (non-hydrogen) atoms. The molecule has 0 aromatic carbocycles. The highest BCUT2D eigenvalue weighted by molar-refractivity contribution is 9.10. The summed E-state index contributed by atoms with van der Waals surface area (Å²) in [4.78, 5) is 4.45. The SMILES string of the molecule is C[C@H](O[Si](C)(C)C(C)(C)C)c1cccc(Br)n1. The fourth-order valence-electron chi connectivity index (χ4n) is 1.33. The molecule has 0 saturated heterocycles. The summed E-state index contributed by atoms with van der Waals surface area (Å²) in [5.41, 5.74) is 0.990. The Hall–Kier alpha value is -0.193. The van der Waals surface area contributed by atoms with Crippen LogP contribution in [0.15, 0.2) is 22.8 Å². The topological polar surface area (TPSA) is 22.1 Å². The van der Waals surface area contributed by atoms with Crippen LogP contribution in [0, 0.1) is 0 Å². The molecule has 0 amide bonds. The Morgan fingerprint density at radius 3 is 2.35 bits per heavy atom. The first-order valence-corrected chi connectivity index (χ1v) is 9.64. The van der Waals surface area contributed by atoms with E-state index in [1.54, 1.807) is 0 Å². The Bertz CT molecular complexity index is 387. The van der Waals surface area contributed by atoms with Crippen LogP contribution in [-0.2, 0) is 4.43 Å². The first kappa shape index (κ1) is 14.9. The number of halogens is 1. The summed E-state index contributed by atoms with van der Waals surface area (Å²) in [5, 5.41) is 0.229. The fourth-order valence-corrected chi connectivity index (χ4v) is 3.05. The Kier molecular flexibility index (Phi) is 4.55. The number of rotatable bonds is 3. The molecule has 0 saturated carbocycles. The van der Waals surface area contributed by atoms with Gasteiger partial charge < -0.3 is 4.43 Å². The largest absolute Gasteiger partial charge is 0.409 e. The van der Waals surface area contributed by atoms with Gasteiger partial charge in [-0.2, -0.15) is 0 Å². The Labute approximate surface area is 114 Å². The monoisotopic (exact) mass is 315 g/mol. The van der Waals surface area contributed by atoms with Gasteiger partial charge in [-0.15, -0.1) is 0 Å². The molecule has 1 aromatic rings. The summed E-state index contributed by atoms with van der Waals surface area (Å²) in [5.74, 6) is 0. The number of hydrogen-bond acceptors (Lipinski definition) is 2. The third kappa shape index (κ3) is 3.90. The molecule has 0 radical (unpaired) electrons. The van der Waals surface area contributed by atoms with Gasteiger partial charge in [-0.3, -0.25) is 0 Å². The van der Waals surface area contributed by atoms with Gasteiger partial charge in [-0.25, -0.2) is 4.98 Å². The van der Waals surface area contributed by atoms with Crippen molar-refractivity contribution in [2.24, 2.45) is 0 Å². The van der Waals surface area contributed by atoms with E-state index in [0.29, 0.717) is 0 Å². The van der Waals surface area contributed by atoms with E-state index < -0.39 is 8.32 Å². The second kappa shape index (κ2) is 5.20. The van der Waals surface area contributed by atoms with Crippen molar-refractivity contribution in [1.29, 1.82) is 0 Å². The third-order valence-electron chi connectivity index (χ3n) is 3.43. The van der Waals surface area contributed by atoms with Crippen molar-refractivity contribution < 1.29 is 4.43 Å². The zero-order chi connectivity index (χ0) is 13.3. The van der Waals surface area contributed by atoms with Crippen LogP contribution in [0.3, 0.4) is 0 Å². The lowest BCUT2D eigenvalue weighted by Gasteiger charge is -2.38. The Morgan fingerprint density at radius 1 is 1.29 bits per heavy atom. The van der Waals surface area contributed by atoms with E-state index in [1.807, 2.05) is 18.2 Å². The minimum atomic E-state index is -1.72. The van der Waals surface area contributed by atoms with Gasteiger partial charge in [0.25, 0.3) is 0 Å². The van der Waals surface area contributed by atoms with Gasteiger partial charge in [0.1, 0.15) is 4.60 Å². The van der Waals surface area contributed by atoms with Gasteiger partial charge in [-0.05, 0) is 53.1 Å². The highest BCUT2D eigenvalue weighted by atomic mass is 79.9. The van der Waals surface area contributed by atoms with Crippen LogP contribution in [0.1, 0.15) is 39.5 Å². The highest BCUT2D eigenvalue weighted by Crippen LogP contribution is 2.39. The van der Waals surface area contributed by atoms with Gasteiger partial charge >= 0.3 is 0 Å². The van der Waals surface area contributed by atoms with E-state index in [1.165, 1.54) is 0 Å². The van der Waals surface area contributed by atoms with Crippen LogP contribution in [0.25, 0.3) is 0 Å². The molecule has 0 aliphatic carbocycles. The molecule has 0 aliphatic heterocycles. The molecule has 2 nitrogen and oxygen atoms in total. The number of pyridine rings is 1. The van der Waals surface area contributed by atoms with Crippen molar-refractivity contribution in [1.82, 2.24) is 4.98 Å². The fraction of sp³-hybridized carbons (Fsp3) is 0.615. The molecule has 4 heteroatoms. The maximum absolute atomic E-state index is 6.30. The van der Waals surface area contributed by atoms with Crippen LogP contribution in [0.5, 0.6) is 0 Å². The van der Waals surface area contributed by atoms with Crippen molar-refractivity contribution in [2.45, 2.75) is 51.9 Å². The third-order valence-corrected chi connectivity index (χ3v) is 8.43. The minimum Gasteiger partial charge on any atom is -0.409 e. The second-order valence-corrected chi connectivity index (χ2v) is 11.5. The molecular weight excluding hydrogens is 294 g/mol. The van der Waals surface area contributed by atoms with Crippen molar-refractivity contribution in [3.63, 3.8) is 0 Å². The lowest BCUT2D eigenvalue weighted by atomic mass is 10.2. The lowest BCUT2D eigenvalue weighted by molar-refractivity contribution is 0.198. The summed E-state index contributed by atoms with van der Waals surface area (Å²) in [6.07, 6.45) is 0.0494. The molecule has 1 aromatic heterocycles. The first-order valence-electron chi connectivity index (χ1n) is 5.94. The molecular formula is C13H22BrNOSi. The van der Waals surface area contributed by atoms with Crippen LogP contribution < -0.4 is 0 Å². The maximum atomic E-state index is 6.30. The molecule has 1 atom stereocenters. The first-order chi connectivity index (χ1) is 7.63. The summed E-state index contributed by atoms with van der Waals surface area (Å²) in [6, 6.07) is 5.95. The Balaban J connectivity index is 2.83. The molecule has 0 N–H and O–H groups in total. The van der Waals surface area contributed by atoms with Gasteiger partial charge in [0.15, 0.2) is 8.32 Å². The number of hydrogen-bond donors (Lipinski definition) is 0. The molecule has 0 fully saturated rings. The van der Waals surface area contributed by atoms with E-state index in [4.69, 9.17) is 4.43 Å². The predicted molar refractivity (Wildman–Crippen MR) is 78.6 cm³/mol. The van der Waals surface area contributed by atoms with Crippen LogP contribution in [0.2, 0.25) is 18.1 Å². The molecule has 0 aliphatic rings. The van der Waals surface area contributed by atoms with E-state index >= 15 is 0 Å². The van der Waals surface area contributed by atoms with Crippen LogP contribution in [-0.4, -0.2) is 13.3 Å². The predicted octanol–water partition coefficient (Wildman–Crippen LogP) is 4.93. The van der Waals surface area contributed by atoms with Crippen molar-refractivity contribution in [3.05, 3.63) is 28.5 Å². The average molecular weight is 316 g/mol. The maximum Gasteiger partial charge on any atom is 0.192 e. The van der Waals surface area contributed by atoms with E-state index in [-0.39, 0.29) is 11.1 Å². The Morgan fingerprint density at radius 2 is 1.88 bits per heavy atom. The van der Waals surface area contributed by atoms with E-state index in [2.05, 4.69) is 61.7 Å². The summed E-state index contributed by atoms with van der Waals surface area (Å²) in [7, 11) is -1.72.